The predicted octanol–water partition coefficient (Wildman–Crippen LogP) is 3.30. The van der Waals surface area contributed by atoms with Crippen molar-refractivity contribution >= 4 is 11.8 Å². The van der Waals surface area contributed by atoms with Crippen molar-refractivity contribution in [1.29, 1.82) is 0 Å². The molecular weight excluding hydrogens is 190 g/mol. The molecule has 14 heavy (non-hydrogen) atoms. The van der Waals surface area contributed by atoms with E-state index >= 15 is 0 Å². The van der Waals surface area contributed by atoms with Crippen LogP contribution in [-0.4, -0.2) is 24.1 Å². The van der Waals surface area contributed by atoms with Crippen LogP contribution in [0.3, 0.4) is 0 Å². The number of thioether (sulfide) groups is 1. The molecule has 2 unspecified atom stereocenters. The highest BCUT2D eigenvalue weighted by Crippen LogP contribution is 2.37. The molecule has 1 rings (SSSR count). The molecule has 1 aliphatic carbocycles. The van der Waals surface area contributed by atoms with Crippen LogP contribution >= 0.6 is 11.8 Å². The van der Waals surface area contributed by atoms with Crippen LogP contribution in [0.25, 0.3) is 0 Å². The van der Waals surface area contributed by atoms with E-state index < -0.39 is 0 Å². The van der Waals surface area contributed by atoms with Crippen LogP contribution in [0, 0.1) is 5.41 Å². The molecule has 0 bridgehead atoms. The second kappa shape index (κ2) is 5.41. The zero-order chi connectivity index (χ0) is 10.6. The Bertz CT molecular complexity index is 168. The van der Waals surface area contributed by atoms with Crippen molar-refractivity contribution in [1.82, 2.24) is 5.32 Å². The third-order valence-corrected chi connectivity index (χ3v) is 4.14. The molecule has 1 saturated carbocycles. The summed E-state index contributed by atoms with van der Waals surface area (Å²) >= 11 is 1.95. The summed E-state index contributed by atoms with van der Waals surface area (Å²) in [4.78, 5) is 0. The maximum atomic E-state index is 3.79. The van der Waals surface area contributed by atoms with Gasteiger partial charge in [-0.05, 0) is 43.6 Å². The molecule has 0 aromatic rings. The number of hydrogen-bond acceptors (Lipinski definition) is 2. The molecular formula is C12H25NS. The van der Waals surface area contributed by atoms with Crippen molar-refractivity contribution in [2.45, 2.75) is 58.5 Å². The highest BCUT2D eigenvalue weighted by molar-refractivity contribution is 7.98. The van der Waals surface area contributed by atoms with Gasteiger partial charge >= 0.3 is 0 Å². The van der Waals surface area contributed by atoms with Gasteiger partial charge in [-0.1, -0.05) is 20.3 Å². The van der Waals surface area contributed by atoms with E-state index in [4.69, 9.17) is 0 Å². The Kier molecular flexibility index (Phi) is 4.78. The number of hydrogen-bond donors (Lipinski definition) is 1. The summed E-state index contributed by atoms with van der Waals surface area (Å²) in [6, 6.07) is 1.43. The van der Waals surface area contributed by atoms with Gasteiger partial charge in [0.2, 0.25) is 0 Å². The first-order valence-corrected chi connectivity index (χ1v) is 7.20. The highest BCUT2D eigenvalue weighted by Gasteiger charge is 2.34. The van der Waals surface area contributed by atoms with Crippen molar-refractivity contribution < 1.29 is 0 Å². The Balaban J connectivity index is 2.29. The lowest BCUT2D eigenvalue weighted by molar-refractivity contribution is 0.264. The summed E-state index contributed by atoms with van der Waals surface area (Å²) in [7, 11) is 0. The van der Waals surface area contributed by atoms with E-state index in [1.807, 2.05) is 11.8 Å². The van der Waals surface area contributed by atoms with Gasteiger partial charge in [-0.2, -0.15) is 11.8 Å². The van der Waals surface area contributed by atoms with E-state index in [0.717, 1.165) is 6.04 Å². The van der Waals surface area contributed by atoms with Crippen molar-refractivity contribution in [2.75, 3.05) is 12.0 Å². The summed E-state index contributed by atoms with van der Waals surface area (Å²) in [6.45, 7) is 7.13. The Morgan fingerprint density at radius 3 is 2.71 bits per heavy atom. The topological polar surface area (TPSA) is 12.0 Å². The van der Waals surface area contributed by atoms with Crippen LogP contribution in [0.1, 0.15) is 46.5 Å². The van der Waals surface area contributed by atoms with Gasteiger partial charge in [0.05, 0.1) is 0 Å². The molecule has 2 heteroatoms. The minimum atomic E-state index is 0.521. The van der Waals surface area contributed by atoms with Gasteiger partial charge in [-0.3, -0.25) is 0 Å². The first kappa shape index (κ1) is 12.4. The second-order valence-electron chi connectivity index (χ2n) is 5.28. The van der Waals surface area contributed by atoms with Gasteiger partial charge in [0, 0.05) is 12.1 Å². The molecule has 84 valence electrons. The first-order chi connectivity index (χ1) is 6.56. The van der Waals surface area contributed by atoms with Gasteiger partial charge in [0.15, 0.2) is 0 Å². The van der Waals surface area contributed by atoms with Crippen LogP contribution in [0.2, 0.25) is 0 Å². The Morgan fingerprint density at radius 1 is 1.50 bits per heavy atom. The Morgan fingerprint density at radius 2 is 2.21 bits per heavy atom. The van der Waals surface area contributed by atoms with Crippen LogP contribution in [0.15, 0.2) is 0 Å². The molecule has 1 fully saturated rings. The zero-order valence-corrected chi connectivity index (χ0v) is 10.9. The van der Waals surface area contributed by atoms with Crippen LogP contribution in [-0.2, 0) is 0 Å². The number of nitrogens with one attached hydrogen (secondary N) is 1. The normalized spacial score (nSPS) is 27.9. The van der Waals surface area contributed by atoms with Crippen molar-refractivity contribution in [3.8, 4) is 0 Å². The zero-order valence-electron chi connectivity index (χ0n) is 10.1. The lowest BCUT2D eigenvalue weighted by Crippen LogP contribution is -2.42. The molecule has 0 saturated heterocycles. The van der Waals surface area contributed by atoms with E-state index in [0.29, 0.717) is 11.5 Å². The molecule has 1 N–H and O–H groups in total. The molecule has 0 aromatic carbocycles. The molecule has 0 heterocycles. The summed E-state index contributed by atoms with van der Waals surface area (Å²) in [5, 5.41) is 3.79. The highest BCUT2D eigenvalue weighted by atomic mass is 32.2. The fraction of sp³-hybridized carbons (Fsp3) is 1.00. The van der Waals surface area contributed by atoms with E-state index in [9.17, 15) is 0 Å². The second-order valence-corrected chi connectivity index (χ2v) is 6.27. The average Bonchev–Trinajstić information content (AvgIpc) is 2.43. The maximum Gasteiger partial charge on any atom is 0.0121 e. The SMILES string of the molecule is CSCCC(C)NC1CCCC1(C)C. The largest absolute Gasteiger partial charge is 0.311 e. The number of rotatable bonds is 5. The molecule has 0 radical (unpaired) electrons. The molecule has 0 aromatic heterocycles. The molecule has 0 aliphatic heterocycles. The Hall–Kier alpha value is 0.310. The first-order valence-electron chi connectivity index (χ1n) is 5.81. The van der Waals surface area contributed by atoms with E-state index in [-0.39, 0.29) is 0 Å². The molecule has 1 nitrogen and oxygen atoms in total. The lowest BCUT2D eigenvalue weighted by atomic mass is 9.87. The third-order valence-electron chi connectivity index (χ3n) is 3.50. The van der Waals surface area contributed by atoms with Crippen molar-refractivity contribution in [2.24, 2.45) is 5.41 Å². The summed E-state index contributed by atoms with van der Waals surface area (Å²) in [5.74, 6) is 1.28. The van der Waals surface area contributed by atoms with Crippen molar-refractivity contribution in [3.63, 3.8) is 0 Å². The minimum absolute atomic E-state index is 0.521. The van der Waals surface area contributed by atoms with Crippen LogP contribution in [0.4, 0.5) is 0 Å². The molecule has 1 aliphatic rings. The molecule has 0 spiro atoms. The Labute approximate surface area is 93.4 Å². The third kappa shape index (κ3) is 3.47. The van der Waals surface area contributed by atoms with Gasteiger partial charge in [-0.25, -0.2) is 0 Å². The quantitative estimate of drug-likeness (QED) is 0.755. The van der Waals surface area contributed by atoms with Crippen molar-refractivity contribution in [3.05, 3.63) is 0 Å². The van der Waals surface area contributed by atoms with E-state index in [1.165, 1.54) is 31.4 Å². The average molecular weight is 215 g/mol. The van der Waals surface area contributed by atoms with Gasteiger partial charge in [-0.15, -0.1) is 0 Å². The smallest absolute Gasteiger partial charge is 0.0121 e. The lowest BCUT2D eigenvalue weighted by Gasteiger charge is -2.30. The van der Waals surface area contributed by atoms with Gasteiger partial charge in [0.1, 0.15) is 0 Å². The van der Waals surface area contributed by atoms with E-state index in [2.05, 4.69) is 32.3 Å². The minimum Gasteiger partial charge on any atom is -0.311 e. The predicted molar refractivity (Wildman–Crippen MR) is 67.0 cm³/mol. The fourth-order valence-corrected chi connectivity index (χ4v) is 2.95. The summed E-state index contributed by atoms with van der Waals surface area (Å²) < 4.78 is 0. The van der Waals surface area contributed by atoms with Crippen LogP contribution in [0.5, 0.6) is 0 Å². The van der Waals surface area contributed by atoms with E-state index in [1.54, 1.807) is 0 Å². The van der Waals surface area contributed by atoms with Gasteiger partial charge in [0.25, 0.3) is 0 Å². The monoisotopic (exact) mass is 215 g/mol. The fourth-order valence-electron chi connectivity index (χ4n) is 2.36. The maximum absolute atomic E-state index is 3.79. The standard InChI is InChI=1S/C12H25NS/c1-10(7-9-14-4)13-11-6-5-8-12(11,2)3/h10-11,13H,5-9H2,1-4H3. The van der Waals surface area contributed by atoms with Crippen LogP contribution < -0.4 is 5.32 Å². The summed E-state index contributed by atoms with van der Waals surface area (Å²) in [6.07, 6.45) is 7.65. The summed E-state index contributed by atoms with van der Waals surface area (Å²) in [5.41, 5.74) is 0.521. The van der Waals surface area contributed by atoms with Gasteiger partial charge < -0.3 is 5.32 Å². The molecule has 2 atom stereocenters. The molecule has 0 amide bonds.